The summed E-state index contributed by atoms with van der Waals surface area (Å²) in [5.41, 5.74) is 0. The lowest BCUT2D eigenvalue weighted by Crippen LogP contribution is -1.96. The molecule has 0 spiro atoms. The monoisotopic (exact) mass is 213 g/mol. The second-order valence-corrected chi connectivity index (χ2v) is 4.72. The number of carbonyl (C=O) groups is 1. The molecular weight excluding hydrogens is 202 g/mol. The SMILES string of the molecule is CCC(=O)CSSc1ccccn1. The standard InChI is InChI=1S/C9H11NOS2/c1-2-8(11)7-12-13-9-5-3-4-6-10-9/h3-6H,2,7H2,1H3. The van der Waals surface area contributed by atoms with Gasteiger partial charge in [0, 0.05) is 12.6 Å². The van der Waals surface area contributed by atoms with E-state index in [1.807, 2.05) is 25.1 Å². The molecule has 70 valence electrons. The molecule has 0 aliphatic rings. The van der Waals surface area contributed by atoms with Gasteiger partial charge in [-0.15, -0.1) is 0 Å². The Morgan fingerprint density at radius 2 is 2.38 bits per heavy atom. The summed E-state index contributed by atoms with van der Waals surface area (Å²) < 4.78 is 0. The molecule has 0 aromatic carbocycles. The number of aromatic nitrogens is 1. The molecule has 0 amide bonds. The zero-order chi connectivity index (χ0) is 9.52. The molecule has 13 heavy (non-hydrogen) atoms. The number of nitrogens with zero attached hydrogens (tertiary/aromatic N) is 1. The largest absolute Gasteiger partial charge is 0.299 e. The highest BCUT2D eigenvalue weighted by atomic mass is 33.1. The normalized spacial score (nSPS) is 9.92. The van der Waals surface area contributed by atoms with E-state index in [9.17, 15) is 4.79 Å². The Kier molecular flexibility index (Phi) is 4.93. The van der Waals surface area contributed by atoms with E-state index < -0.39 is 0 Å². The fourth-order valence-corrected chi connectivity index (χ4v) is 2.64. The third kappa shape index (κ3) is 4.33. The lowest BCUT2D eigenvalue weighted by atomic mass is 10.4. The van der Waals surface area contributed by atoms with E-state index in [2.05, 4.69) is 4.98 Å². The van der Waals surface area contributed by atoms with Crippen LogP contribution in [0.1, 0.15) is 13.3 Å². The zero-order valence-electron chi connectivity index (χ0n) is 7.40. The predicted octanol–water partition coefficient (Wildman–Crippen LogP) is 2.80. The minimum atomic E-state index is 0.286. The highest BCUT2D eigenvalue weighted by Gasteiger charge is 1.99. The van der Waals surface area contributed by atoms with Gasteiger partial charge in [0.2, 0.25) is 0 Å². The van der Waals surface area contributed by atoms with Crippen molar-refractivity contribution >= 4 is 27.4 Å². The third-order valence-corrected chi connectivity index (χ3v) is 3.59. The second kappa shape index (κ2) is 6.05. The fraction of sp³-hybridized carbons (Fsp3) is 0.333. The number of ketones is 1. The average molecular weight is 213 g/mol. The minimum absolute atomic E-state index is 0.286. The van der Waals surface area contributed by atoms with E-state index in [4.69, 9.17) is 0 Å². The van der Waals surface area contributed by atoms with Gasteiger partial charge in [-0.05, 0) is 22.9 Å². The maximum Gasteiger partial charge on any atom is 0.143 e. The molecule has 1 rings (SSSR count). The van der Waals surface area contributed by atoms with Gasteiger partial charge in [-0.25, -0.2) is 4.98 Å². The molecule has 2 nitrogen and oxygen atoms in total. The maximum absolute atomic E-state index is 10.9. The highest BCUT2D eigenvalue weighted by Crippen LogP contribution is 2.28. The number of hydrogen-bond donors (Lipinski definition) is 0. The smallest absolute Gasteiger partial charge is 0.143 e. The Morgan fingerprint density at radius 3 is 3.00 bits per heavy atom. The molecule has 0 N–H and O–H groups in total. The molecule has 0 bridgehead atoms. The fourth-order valence-electron chi connectivity index (χ4n) is 0.654. The summed E-state index contributed by atoms with van der Waals surface area (Å²) in [5, 5.41) is 0.955. The molecule has 0 aliphatic carbocycles. The van der Waals surface area contributed by atoms with Crippen molar-refractivity contribution in [1.29, 1.82) is 0 Å². The van der Waals surface area contributed by atoms with Crippen molar-refractivity contribution in [2.24, 2.45) is 0 Å². The topological polar surface area (TPSA) is 30.0 Å². The Hall–Kier alpha value is -0.480. The molecule has 0 radical (unpaired) electrons. The van der Waals surface area contributed by atoms with Gasteiger partial charge in [0.25, 0.3) is 0 Å². The minimum Gasteiger partial charge on any atom is -0.299 e. The van der Waals surface area contributed by atoms with Crippen molar-refractivity contribution < 1.29 is 4.79 Å². The van der Waals surface area contributed by atoms with Crippen molar-refractivity contribution in [3.8, 4) is 0 Å². The Morgan fingerprint density at radius 1 is 1.54 bits per heavy atom. The lowest BCUT2D eigenvalue weighted by Gasteiger charge is -1.97. The summed E-state index contributed by atoms with van der Waals surface area (Å²) in [5.74, 6) is 0.853. The summed E-state index contributed by atoms with van der Waals surface area (Å²) in [6.07, 6.45) is 2.38. The maximum atomic E-state index is 10.9. The highest BCUT2D eigenvalue weighted by molar-refractivity contribution is 8.76. The van der Waals surface area contributed by atoms with Gasteiger partial charge in [-0.3, -0.25) is 4.79 Å². The van der Waals surface area contributed by atoms with Crippen LogP contribution >= 0.6 is 21.6 Å². The molecule has 0 atom stereocenters. The van der Waals surface area contributed by atoms with Crippen molar-refractivity contribution in [2.45, 2.75) is 18.4 Å². The van der Waals surface area contributed by atoms with Gasteiger partial charge >= 0.3 is 0 Å². The number of pyridine rings is 1. The Balaban J connectivity index is 2.24. The van der Waals surface area contributed by atoms with Crippen molar-refractivity contribution in [3.05, 3.63) is 24.4 Å². The van der Waals surface area contributed by atoms with Gasteiger partial charge in [-0.2, -0.15) is 0 Å². The van der Waals surface area contributed by atoms with Crippen LogP contribution < -0.4 is 0 Å². The molecule has 1 aromatic rings. The quantitative estimate of drug-likeness (QED) is 0.703. The van der Waals surface area contributed by atoms with Crippen LogP contribution in [0.3, 0.4) is 0 Å². The Bertz CT molecular complexity index is 264. The van der Waals surface area contributed by atoms with Crippen LogP contribution in [0.25, 0.3) is 0 Å². The molecule has 4 heteroatoms. The molecule has 1 aromatic heterocycles. The number of Topliss-reactive ketones (excluding diaryl/α,β-unsaturated/α-hetero) is 1. The average Bonchev–Trinajstić information content (AvgIpc) is 2.19. The van der Waals surface area contributed by atoms with Crippen LogP contribution in [-0.2, 0) is 4.79 Å². The third-order valence-electron chi connectivity index (χ3n) is 1.40. The lowest BCUT2D eigenvalue weighted by molar-refractivity contribution is -0.116. The van der Waals surface area contributed by atoms with Crippen LogP contribution in [0.15, 0.2) is 29.4 Å². The van der Waals surface area contributed by atoms with Crippen LogP contribution in [0.5, 0.6) is 0 Å². The molecule has 0 aliphatic heterocycles. The zero-order valence-corrected chi connectivity index (χ0v) is 9.03. The van der Waals surface area contributed by atoms with Gasteiger partial charge < -0.3 is 0 Å². The van der Waals surface area contributed by atoms with Crippen LogP contribution in [0, 0.1) is 0 Å². The van der Waals surface area contributed by atoms with Crippen molar-refractivity contribution in [1.82, 2.24) is 4.98 Å². The summed E-state index contributed by atoms with van der Waals surface area (Å²) in [4.78, 5) is 15.1. The van der Waals surface area contributed by atoms with E-state index in [1.54, 1.807) is 27.8 Å². The summed E-state index contributed by atoms with van der Waals surface area (Å²) in [6, 6.07) is 5.76. The summed E-state index contributed by atoms with van der Waals surface area (Å²) >= 11 is 0. The van der Waals surface area contributed by atoms with Crippen LogP contribution in [-0.4, -0.2) is 16.5 Å². The molecule has 1 heterocycles. The van der Waals surface area contributed by atoms with Gasteiger partial charge in [0.1, 0.15) is 10.8 Å². The van der Waals surface area contributed by atoms with E-state index >= 15 is 0 Å². The first kappa shape index (κ1) is 10.6. The Labute approximate surface area is 85.9 Å². The first-order valence-electron chi connectivity index (χ1n) is 4.05. The molecule has 0 unspecified atom stereocenters. The van der Waals surface area contributed by atoms with E-state index in [0.29, 0.717) is 12.2 Å². The molecule has 0 fully saturated rings. The van der Waals surface area contributed by atoms with Gasteiger partial charge in [0.05, 0.1) is 5.75 Å². The van der Waals surface area contributed by atoms with Crippen molar-refractivity contribution in [3.63, 3.8) is 0 Å². The number of rotatable bonds is 5. The van der Waals surface area contributed by atoms with Gasteiger partial charge in [-0.1, -0.05) is 23.8 Å². The molecule has 0 saturated carbocycles. The van der Waals surface area contributed by atoms with Crippen molar-refractivity contribution in [2.75, 3.05) is 5.75 Å². The van der Waals surface area contributed by atoms with Gasteiger partial charge in [0.15, 0.2) is 0 Å². The van der Waals surface area contributed by atoms with E-state index in [-0.39, 0.29) is 5.78 Å². The number of carbonyl (C=O) groups excluding carboxylic acids is 1. The first-order chi connectivity index (χ1) is 6.33. The first-order valence-corrected chi connectivity index (χ1v) is 6.37. The van der Waals surface area contributed by atoms with Crippen LogP contribution in [0.2, 0.25) is 0 Å². The molecular formula is C9H11NOS2. The van der Waals surface area contributed by atoms with E-state index in [1.165, 1.54) is 0 Å². The summed E-state index contributed by atoms with van der Waals surface area (Å²) in [7, 11) is 3.09. The predicted molar refractivity (Wildman–Crippen MR) is 57.9 cm³/mol. The molecule has 0 saturated heterocycles. The van der Waals surface area contributed by atoms with E-state index in [0.717, 1.165) is 5.03 Å². The summed E-state index contributed by atoms with van der Waals surface area (Å²) in [6.45, 7) is 1.88. The van der Waals surface area contributed by atoms with Crippen LogP contribution in [0.4, 0.5) is 0 Å². The number of hydrogen-bond acceptors (Lipinski definition) is 4. The second-order valence-electron chi connectivity index (χ2n) is 2.41.